The Labute approximate surface area is 163 Å². The molecule has 4 rings (SSSR count). The van der Waals surface area contributed by atoms with Gasteiger partial charge < -0.3 is 10.6 Å². The molecule has 2 aliphatic rings. The highest BCUT2D eigenvalue weighted by Crippen LogP contribution is 2.43. The highest BCUT2D eigenvalue weighted by Gasteiger charge is 2.34. The Balaban J connectivity index is 1.86. The van der Waals surface area contributed by atoms with Crippen LogP contribution in [-0.2, 0) is 4.79 Å². The van der Waals surface area contributed by atoms with E-state index in [1.165, 1.54) is 12.8 Å². The lowest BCUT2D eigenvalue weighted by atomic mass is 9.84. The van der Waals surface area contributed by atoms with E-state index in [-0.39, 0.29) is 11.7 Å². The van der Waals surface area contributed by atoms with Crippen LogP contribution in [0.2, 0.25) is 0 Å². The van der Waals surface area contributed by atoms with Gasteiger partial charge >= 0.3 is 0 Å². The van der Waals surface area contributed by atoms with E-state index in [2.05, 4.69) is 16.3 Å². The van der Waals surface area contributed by atoms with Gasteiger partial charge in [-0.05, 0) is 55.2 Å². The standard InChI is InChI=1S/C22H23N3OS/c1-13-21(14(2)26)18(10-20(24)25(13)16-7-3-4-8-16)19-12-27-22-15(11-23)6-5-9-17(19)22/h5-6,9-10,12,16,18H,3-4,7-8,24H2,1-2H3. The van der Waals surface area contributed by atoms with Crippen molar-refractivity contribution in [3.8, 4) is 6.07 Å². The van der Waals surface area contributed by atoms with Gasteiger partial charge in [0.05, 0.1) is 16.1 Å². The molecule has 1 aliphatic carbocycles. The second-order valence-electron chi connectivity index (χ2n) is 7.42. The number of nitrogens with zero attached hydrogens (tertiary/aromatic N) is 2. The van der Waals surface area contributed by atoms with Gasteiger partial charge in [-0.2, -0.15) is 5.26 Å². The van der Waals surface area contributed by atoms with E-state index in [1.54, 1.807) is 18.3 Å². The summed E-state index contributed by atoms with van der Waals surface area (Å²) in [6, 6.07) is 8.43. The SMILES string of the molecule is CC(=O)C1=C(C)N(C2CCCC2)C(N)=CC1c1csc2c(C#N)cccc12. The summed E-state index contributed by atoms with van der Waals surface area (Å²) >= 11 is 1.56. The van der Waals surface area contributed by atoms with Crippen LogP contribution >= 0.6 is 11.3 Å². The topological polar surface area (TPSA) is 70.1 Å². The maximum Gasteiger partial charge on any atom is 0.158 e. The summed E-state index contributed by atoms with van der Waals surface area (Å²) in [5.74, 6) is 0.660. The van der Waals surface area contributed by atoms with Crippen LogP contribution in [0.4, 0.5) is 0 Å². The Morgan fingerprint density at radius 2 is 2.07 bits per heavy atom. The highest BCUT2D eigenvalue weighted by molar-refractivity contribution is 7.17. The number of allylic oxidation sites excluding steroid dienone is 3. The van der Waals surface area contributed by atoms with Crippen molar-refractivity contribution in [3.05, 3.63) is 57.9 Å². The van der Waals surface area contributed by atoms with E-state index in [9.17, 15) is 10.1 Å². The Bertz CT molecular complexity index is 1020. The maximum atomic E-state index is 12.6. The number of nitriles is 1. The van der Waals surface area contributed by atoms with E-state index in [0.29, 0.717) is 11.6 Å². The lowest BCUT2D eigenvalue weighted by Gasteiger charge is -2.38. The number of nitrogens with two attached hydrogens (primary N) is 1. The molecule has 0 radical (unpaired) electrons. The predicted molar refractivity (Wildman–Crippen MR) is 109 cm³/mol. The van der Waals surface area contributed by atoms with Crippen LogP contribution in [0.1, 0.15) is 56.6 Å². The van der Waals surface area contributed by atoms with E-state index in [1.807, 2.05) is 31.2 Å². The molecule has 1 atom stereocenters. The van der Waals surface area contributed by atoms with Crippen molar-refractivity contribution in [2.75, 3.05) is 0 Å². The molecule has 4 nitrogen and oxygen atoms in total. The van der Waals surface area contributed by atoms with Gasteiger partial charge in [-0.25, -0.2) is 0 Å². The predicted octanol–water partition coefficient (Wildman–Crippen LogP) is 4.78. The summed E-state index contributed by atoms with van der Waals surface area (Å²) in [6.45, 7) is 3.67. The van der Waals surface area contributed by atoms with E-state index in [4.69, 9.17) is 5.73 Å². The number of hydrogen-bond donors (Lipinski definition) is 1. The fourth-order valence-electron chi connectivity index (χ4n) is 4.66. The van der Waals surface area contributed by atoms with Gasteiger partial charge in [-0.3, -0.25) is 4.79 Å². The Hall–Kier alpha value is -2.58. The van der Waals surface area contributed by atoms with Crippen LogP contribution in [-0.4, -0.2) is 16.7 Å². The Morgan fingerprint density at radius 1 is 1.33 bits per heavy atom. The molecule has 1 unspecified atom stereocenters. The van der Waals surface area contributed by atoms with Gasteiger partial charge in [0, 0.05) is 23.2 Å². The minimum Gasteiger partial charge on any atom is -0.385 e. The van der Waals surface area contributed by atoms with Gasteiger partial charge in [0.25, 0.3) is 0 Å². The van der Waals surface area contributed by atoms with Gasteiger partial charge in [0.2, 0.25) is 0 Å². The highest BCUT2D eigenvalue weighted by atomic mass is 32.1. The first-order chi connectivity index (χ1) is 13.0. The summed E-state index contributed by atoms with van der Waals surface area (Å²) in [5, 5.41) is 12.5. The second-order valence-corrected chi connectivity index (χ2v) is 8.30. The Kier molecular flexibility index (Phi) is 4.53. The minimum absolute atomic E-state index is 0.0834. The molecular weight excluding hydrogens is 354 g/mol. The van der Waals surface area contributed by atoms with Crippen LogP contribution < -0.4 is 5.73 Å². The largest absolute Gasteiger partial charge is 0.385 e. The molecule has 2 heterocycles. The smallest absolute Gasteiger partial charge is 0.158 e. The summed E-state index contributed by atoms with van der Waals surface area (Å²) in [6.07, 6.45) is 6.70. The fraction of sp³-hybridized carbons (Fsp3) is 0.364. The van der Waals surface area contributed by atoms with Crippen molar-refractivity contribution in [2.45, 2.75) is 51.5 Å². The summed E-state index contributed by atoms with van der Waals surface area (Å²) in [4.78, 5) is 14.8. The molecule has 1 saturated carbocycles. The van der Waals surface area contributed by atoms with E-state index < -0.39 is 0 Å². The van der Waals surface area contributed by atoms with E-state index in [0.717, 1.165) is 45.6 Å². The summed E-state index contributed by atoms with van der Waals surface area (Å²) < 4.78 is 0.973. The number of rotatable bonds is 3. The molecule has 1 aromatic carbocycles. The zero-order chi connectivity index (χ0) is 19.1. The summed E-state index contributed by atoms with van der Waals surface area (Å²) in [7, 11) is 0. The number of ketones is 1. The van der Waals surface area contributed by atoms with Crippen molar-refractivity contribution in [3.63, 3.8) is 0 Å². The molecule has 0 spiro atoms. The van der Waals surface area contributed by atoms with Crippen LogP contribution in [0.25, 0.3) is 10.1 Å². The first-order valence-corrected chi connectivity index (χ1v) is 10.3. The van der Waals surface area contributed by atoms with E-state index >= 15 is 0 Å². The van der Waals surface area contributed by atoms with Crippen molar-refractivity contribution in [1.29, 1.82) is 5.26 Å². The van der Waals surface area contributed by atoms with Crippen LogP contribution in [0.15, 0.2) is 46.7 Å². The van der Waals surface area contributed by atoms with Crippen molar-refractivity contribution < 1.29 is 4.79 Å². The number of thiophene rings is 1. The average Bonchev–Trinajstić information content (AvgIpc) is 3.30. The lowest BCUT2D eigenvalue weighted by molar-refractivity contribution is -0.114. The van der Waals surface area contributed by atoms with Crippen LogP contribution in [0.3, 0.4) is 0 Å². The molecule has 1 fully saturated rings. The first-order valence-electron chi connectivity index (χ1n) is 9.41. The number of fused-ring (bicyclic) bond motifs is 1. The molecule has 1 aromatic heterocycles. The van der Waals surface area contributed by atoms with Gasteiger partial charge in [-0.1, -0.05) is 25.0 Å². The summed E-state index contributed by atoms with van der Waals surface area (Å²) in [5.41, 5.74) is 10.0. The maximum absolute atomic E-state index is 12.6. The number of carbonyl (C=O) groups excluding carboxylic acids is 1. The molecule has 0 bridgehead atoms. The third-order valence-corrected chi connectivity index (χ3v) is 6.88. The third-order valence-electron chi connectivity index (χ3n) is 5.83. The zero-order valence-electron chi connectivity index (χ0n) is 15.7. The molecule has 0 amide bonds. The normalized spacial score (nSPS) is 20.9. The molecule has 138 valence electrons. The molecule has 2 N–H and O–H groups in total. The van der Waals surface area contributed by atoms with Crippen LogP contribution in [0, 0.1) is 11.3 Å². The molecule has 0 saturated heterocycles. The van der Waals surface area contributed by atoms with Gasteiger partial charge in [0.1, 0.15) is 6.07 Å². The second kappa shape index (κ2) is 6.86. The zero-order valence-corrected chi connectivity index (χ0v) is 16.5. The monoisotopic (exact) mass is 377 g/mol. The molecular formula is C22H23N3OS. The quantitative estimate of drug-likeness (QED) is 0.836. The van der Waals surface area contributed by atoms with Crippen molar-refractivity contribution >= 4 is 27.2 Å². The molecule has 1 aliphatic heterocycles. The average molecular weight is 378 g/mol. The van der Waals surface area contributed by atoms with Crippen molar-refractivity contribution in [2.24, 2.45) is 5.73 Å². The fourth-order valence-corrected chi connectivity index (χ4v) is 5.73. The van der Waals surface area contributed by atoms with Gasteiger partial charge in [-0.15, -0.1) is 11.3 Å². The molecule has 2 aromatic rings. The molecule has 5 heteroatoms. The lowest BCUT2D eigenvalue weighted by Crippen LogP contribution is -2.39. The number of hydrogen-bond acceptors (Lipinski definition) is 5. The number of Topliss-reactive ketones (excluding diaryl/α,β-unsaturated/α-hetero) is 1. The molecule has 27 heavy (non-hydrogen) atoms. The Morgan fingerprint density at radius 3 is 2.74 bits per heavy atom. The van der Waals surface area contributed by atoms with Crippen LogP contribution in [0.5, 0.6) is 0 Å². The third kappa shape index (κ3) is 2.85. The number of benzene rings is 1. The van der Waals surface area contributed by atoms with Gasteiger partial charge in [0.15, 0.2) is 5.78 Å². The minimum atomic E-state index is -0.164. The van der Waals surface area contributed by atoms with Crippen molar-refractivity contribution in [1.82, 2.24) is 4.90 Å². The first kappa shape index (κ1) is 17.8. The number of carbonyl (C=O) groups is 1.